The molecule has 9 heteroatoms. The van der Waals surface area contributed by atoms with Crippen molar-refractivity contribution in [2.75, 3.05) is 19.0 Å². The Morgan fingerprint density at radius 1 is 1.06 bits per heavy atom. The highest BCUT2D eigenvalue weighted by atomic mass is 16.6. The van der Waals surface area contributed by atoms with Gasteiger partial charge in [0.25, 0.3) is 11.6 Å². The first-order valence-corrected chi connectivity index (χ1v) is 9.83. The van der Waals surface area contributed by atoms with Gasteiger partial charge >= 0.3 is 5.97 Å². The first-order chi connectivity index (χ1) is 15.9. The van der Waals surface area contributed by atoms with Crippen LogP contribution < -0.4 is 10.1 Å². The highest BCUT2D eigenvalue weighted by Gasteiger charge is 2.15. The second kappa shape index (κ2) is 9.23. The van der Waals surface area contributed by atoms with E-state index in [0.717, 1.165) is 16.8 Å². The number of rotatable bonds is 7. The fourth-order valence-corrected chi connectivity index (χ4v) is 3.26. The van der Waals surface area contributed by atoms with Crippen LogP contribution in [-0.2, 0) is 14.3 Å². The van der Waals surface area contributed by atoms with Gasteiger partial charge < -0.3 is 19.2 Å². The molecular weight excluding hydrogens is 428 g/mol. The Labute approximate surface area is 187 Å². The summed E-state index contributed by atoms with van der Waals surface area (Å²) in [5.74, 6) is -0.851. The van der Waals surface area contributed by atoms with Gasteiger partial charge in [-0.05, 0) is 35.9 Å². The van der Waals surface area contributed by atoms with E-state index in [1.165, 1.54) is 37.5 Å². The van der Waals surface area contributed by atoms with E-state index >= 15 is 0 Å². The first kappa shape index (κ1) is 21.6. The summed E-state index contributed by atoms with van der Waals surface area (Å²) in [5, 5.41) is 15.1. The van der Waals surface area contributed by atoms with Crippen molar-refractivity contribution in [3.63, 3.8) is 0 Å². The number of fused-ring (bicyclic) bond motifs is 3. The van der Waals surface area contributed by atoms with Crippen LogP contribution >= 0.6 is 0 Å². The van der Waals surface area contributed by atoms with Crippen molar-refractivity contribution in [1.82, 2.24) is 0 Å². The Hall–Kier alpha value is -4.66. The van der Waals surface area contributed by atoms with E-state index < -0.39 is 23.4 Å². The fraction of sp³-hybridized carbons (Fsp3) is 0.0833. The molecule has 1 aromatic heterocycles. The number of amides is 1. The zero-order chi connectivity index (χ0) is 23.4. The number of non-ortho nitro benzene ring substituents is 1. The number of nitrogens with one attached hydrogen (secondary N) is 1. The summed E-state index contributed by atoms with van der Waals surface area (Å²) in [6, 6.07) is 16.6. The van der Waals surface area contributed by atoms with Gasteiger partial charge in [0.1, 0.15) is 16.9 Å². The quantitative estimate of drug-likeness (QED) is 0.189. The molecule has 0 aliphatic heterocycles. The number of para-hydroxylation sites is 1. The van der Waals surface area contributed by atoms with Crippen molar-refractivity contribution < 1.29 is 28.4 Å². The number of methoxy groups -OCH3 is 1. The zero-order valence-corrected chi connectivity index (χ0v) is 17.4. The Balaban J connectivity index is 1.39. The predicted octanol–water partition coefficient (Wildman–Crippen LogP) is 4.70. The zero-order valence-electron chi connectivity index (χ0n) is 17.4. The highest BCUT2D eigenvalue weighted by molar-refractivity contribution is 6.08. The molecule has 0 atom stereocenters. The maximum atomic E-state index is 12.3. The lowest BCUT2D eigenvalue weighted by Gasteiger charge is -2.10. The Morgan fingerprint density at radius 3 is 2.55 bits per heavy atom. The number of hydrogen-bond donors (Lipinski definition) is 1. The van der Waals surface area contributed by atoms with Crippen LogP contribution in [0.4, 0.5) is 11.4 Å². The standard InChI is InChI=1S/C24H18N2O7/c1-31-22-12-18-17-4-2-3-5-20(17)33-21(18)13-19(22)25-23(27)14-32-24(28)11-8-15-6-9-16(10-7-15)26(29)30/h2-13H,14H2,1H3,(H,25,27)/b11-8+. The second-order valence-corrected chi connectivity index (χ2v) is 6.98. The minimum atomic E-state index is -0.733. The third-order valence-corrected chi connectivity index (χ3v) is 4.83. The molecule has 0 fully saturated rings. The molecule has 0 unspecified atom stereocenters. The number of furan rings is 1. The molecule has 1 amide bonds. The topological polar surface area (TPSA) is 121 Å². The van der Waals surface area contributed by atoms with Crippen LogP contribution in [0.25, 0.3) is 28.0 Å². The minimum Gasteiger partial charge on any atom is -0.495 e. The van der Waals surface area contributed by atoms with Crippen molar-refractivity contribution in [3.8, 4) is 5.75 Å². The molecule has 0 spiro atoms. The lowest BCUT2D eigenvalue weighted by Crippen LogP contribution is -2.20. The number of esters is 1. The molecular formula is C24H18N2O7. The lowest BCUT2D eigenvalue weighted by atomic mass is 10.1. The molecule has 3 aromatic carbocycles. The van der Waals surface area contributed by atoms with E-state index in [4.69, 9.17) is 13.9 Å². The van der Waals surface area contributed by atoms with E-state index in [2.05, 4.69) is 5.32 Å². The average molecular weight is 446 g/mol. The van der Waals surface area contributed by atoms with Crippen molar-refractivity contribution >= 4 is 51.3 Å². The van der Waals surface area contributed by atoms with Crippen LogP contribution in [0, 0.1) is 10.1 Å². The number of carbonyl (C=O) groups is 2. The first-order valence-electron chi connectivity index (χ1n) is 9.83. The monoisotopic (exact) mass is 446 g/mol. The van der Waals surface area contributed by atoms with Crippen LogP contribution in [0.5, 0.6) is 5.75 Å². The van der Waals surface area contributed by atoms with Crippen LogP contribution in [0.3, 0.4) is 0 Å². The van der Waals surface area contributed by atoms with Gasteiger partial charge in [0.15, 0.2) is 6.61 Å². The minimum absolute atomic E-state index is 0.0531. The van der Waals surface area contributed by atoms with E-state index in [1.54, 1.807) is 12.1 Å². The number of anilines is 1. The van der Waals surface area contributed by atoms with Gasteiger partial charge in [0.2, 0.25) is 0 Å². The molecule has 0 bridgehead atoms. The van der Waals surface area contributed by atoms with Gasteiger partial charge in [0.05, 0.1) is 17.7 Å². The SMILES string of the molecule is COc1cc2c(cc1NC(=O)COC(=O)/C=C/c1ccc([N+](=O)[O-])cc1)oc1ccccc12. The maximum Gasteiger partial charge on any atom is 0.331 e. The molecule has 4 aromatic rings. The summed E-state index contributed by atoms with van der Waals surface area (Å²) in [6.07, 6.45) is 2.57. The molecule has 0 saturated carbocycles. The number of hydrogen-bond acceptors (Lipinski definition) is 7. The van der Waals surface area contributed by atoms with Gasteiger partial charge in [-0.1, -0.05) is 18.2 Å². The van der Waals surface area contributed by atoms with Crippen molar-refractivity contribution in [2.45, 2.75) is 0 Å². The second-order valence-electron chi connectivity index (χ2n) is 6.98. The molecule has 0 aliphatic rings. The normalized spacial score (nSPS) is 11.1. The summed E-state index contributed by atoms with van der Waals surface area (Å²) in [6.45, 7) is -0.509. The number of nitro groups is 1. The van der Waals surface area contributed by atoms with Crippen molar-refractivity contribution in [1.29, 1.82) is 0 Å². The number of ether oxygens (including phenoxy) is 2. The summed E-state index contributed by atoms with van der Waals surface area (Å²) in [7, 11) is 1.49. The Kier molecular flexibility index (Phi) is 6.03. The highest BCUT2D eigenvalue weighted by Crippen LogP contribution is 2.36. The number of nitrogens with zero attached hydrogens (tertiary/aromatic N) is 1. The third kappa shape index (κ3) is 4.82. The molecule has 0 saturated heterocycles. The van der Waals surface area contributed by atoms with Gasteiger partial charge in [-0.2, -0.15) is 0 Å². The molecule has 0 radical (unpaired) electrons. The molecule has 0 aliphatic carbocycles. The Morgan fingerprint density at radius 2 is 1.82 bits per heavy atom. The van der Waals surface area contributed by atoms with E-state index in [1.807, 2.05) is 24.3 Å². The van der Waals surface area contributed by atoms with E-state index in [9.17, 15) is 19.7 Å². The summed E-state index contributed by atoms with van der Waals surface area (Å²) < 4.78 is 16.2. The molecule has 33 heavy (non-hydrogen) atoms. The smallest absolute Gasteiger partial charge is 0.331 e. The van der Waals surface area contributed by atoms with Crippen LogP contribution in [0.2, 0.25) is 0 Å². The summed E-state index contributed by atoms with van der Waals surface area (Å²) in [4.78, 5) is 34.4. The number of nitro benzene ring substituents is 1. The fourth-order valence-electron chi connectivity index (χ4n) is 3.26. The molecule has 9 nitrogen and oxygen atoms in total. The molecule has 4 rings (SSSR count). The van der Waals surface area contributed by atoms with Gasteiger partial charge in [0, 0.05) is 35.0 Å². The largest absolute Gasteiger partial charge is 0.495 e. The van der Waals surface area contributed by atoms with Crippen LogP contribution in [-0.4, -0.2) is 30.5 Å². The van der Waals surface area contributed by atoms with Gasteiger partial charge in [-0.25, -0.2) is 4.79 Å². The maximum absolute atomic E-state index is 12.3. The van der Waals surface area contributed by atoms with E-state index in [-0.39, 0.29) is 5.69 Å². The lowest BCUT2D eigenvalue weighted by molar-refractivity contribution is -0.384. The van der Waals surface area contributed by atoms with Crippen LogP contribution in [0.1, 0.15) is 5.56 Å². The van der Waals surface area contributed by atoms with E-state index in [0.29, 0.717) is 28.2 Å². The number of benzene rings is 3. The average Bonchev–Trinajstić information content (AvgIpc) is 3.18. The summed E-state index contributed by atoms with van der Waals surface area (Å²) >= 11 is 0. The van der Waals surface area contributed by atoms with Gasteiger partial charge in [-0.15, -0.1) is 0 Å². The molecule has 1 N–H and O–H groups in total. The number of carbonyl (C=O) groups excluding carboxylic acids is 2. The third-order valence-electron chi connectivity index (χ3n) is 4.83. The Bertz CT molecular complexity index is 1390. The molecule has 166 valence electrons. The van der Waals surface area contributed by atoms with Crippen molar-refractivity contribution in [2.24, 2.45) is 0 Å². The summed E-state index contributed by atoms with van der Waals surface area (Å²) in [5.41, 5.74) is 2.20. The molecule has 1 heterocycles. The van der Waals surface area contributed by atoms with Gasteiger partial charge in [-0.3, -0.25) is 14.9 Å². The van der Waals surface area contributed by atoms with Crippen molar-refractivity contribution in [3.05, 3.63) is 82.4 Å². The predicted molar refractivity (Wildman–Crippen MR) is 122 cm³/mol. The van der Waals surface area contributed by atoms with Crippen LogP contribution in [0.15, 0.2) is 71.2 Å².